The van der Waals surface area contributed by atoms with Crippen molar-refractivity contribution < 1.29 is 4.74 Å². The summed E-state index contributed by atoms with van der Waals surface area (Å²) in [5.41, 5.74) is 2.49. The summed E-state index contributed by atoms with van der Waals surface area (Å²) in [6.45, 7) is 11.2. The van der Waals surface area contributed by atoms with E-state index < -0.39 is 0 Å². The third kappa shape index (κ3) is 5.46. The van der Waals surface area contributed by atoms with E-state index in [2.05, 4.69) is 39.0 Å². The molecule has 0 bridgehead atoms. The fourth-order valence-electron chi connectivity index (χ4n) is 1.19. The lowest BCUT2D eigenvalue weighted by Crippen LogP contribution is -1.98. The van der Waals surface area contributed by atoms with Crippen molar-refractivity contribution >= 4 is 0 Å². The Labute approximate surface area is 94.5 Å². The molecule has 0 aliphatic carbocycles. The SMILES string of the molecule is CC.CCCCOc1cc(C)ccc1C. The van der Waals surface area contributed by atoms with Gasteiger partial charge in [-0.2, -0.15) is 0 Å². The Morgan fingerprint density at radius 1 is 1.13 bits per heavy atom. The van der Waals surface area contributed by atoms with Crippen LogP contribution in [0.25, 0.3) is 0 Å². The molecule has 0 heterocycles. The standard InChI is InChI=1S/C12H18O.C2H6/c1-4-5-8-13-12-9-10(2)6-7-11(12)3;1-2/h6-7,9H,4-5,8H2,1-3H3;1-2H3. The van der Waals surface area contributed by atoms with Gasteiger partial charge in [0, 0.05) is 0 Å². The van der Waals surface area contributed by atoms with Crippen LogP contribution >= 0.6 is 0 Å². The summed E-state index contributed by atoms with van der Waals surface area (Å²) in [5.74, 6) is 1.04. The number of aryl methyl sites for hydroxylation is 2. The van der Waals surface area contributed by atoms with Crippen molar-refractivity contribution in [2.45, 2.75) is 47.5 Å². The van der Waals surface area contributed by atoms with Gasteiger partial charge in [-0.3, -0.25) is 0 Å². The summed E-state index contributed by atoms with van der Waals surface area (Å²) >= 11 is 0. The number of benzene rings is 1. The molecule has 0 aromatic heterocycles. The van der Waals surface area contributed by atoms with Gasteiger partial charge < -0.3 is 4.74 Å². The van der Waals surface area contributed by atoms with E-state index in [1.165, 1.54) is 17.5 Å². The second-order valence-electron chi connectivity index (χ2n) is 3.47. The minimum atomic E-state index is 0.834. The average molecular weight is 208 g/mol. The zero-order chi connectivity index (χ0) is 11.7. The summed E-state index contributed by atoms with van der Waals surface area (Å²) in [7, 11) is 0. The molecule has 0 N–H and O–H groups in total. The molecule has 0 amide bonds. The molecule has 1 aromatic rings. The largest absolute Gasteiger partial charge is 0.493 e. The van der Waals surface area contributed by atoms with Gasteiger partial charge in [-0.05, 0) is 37.5 Å². The first kappa shape index (κ1) is 14.0. The van der Waals surface area contributed by atoms with E-state index >= 15 is 0 Å². The monoisotopic (exact) mass is 208 g/mol. The number of ether oxygens (including phenoxy) is 1. The molecule has 0 saturated heterocycles. The molecular weight excluding hydrogens is 184 g/mol. The highest BCUT2D eigenvalue weighted by Crippen LogP contribution is 2.19. The average Bonchev–Trinajstić information content (AvgIpc) is 2.26. The molecule has 0 spiro atoms. The topological polar surface area (TPSA) is 9.23 Å². The van der Waals surface area contributed by atoms with Gasteiger partial charge in [0.05, 0.1) is 6.61 Å². The van der Waals surface area contributed by atoms with E-state index in [1.54, 1.807) is 0 Å². The van der Waals surface area contributed by atoms with Gasteiger partial charge in [-0.15, -0.1) is 0 Å². The predicted molar refractivity (Wildman–Crippen MR) is 67.7 cm³/mol. The van der Waals surface area contributed by atoms with Gasteiger partial charge in [0.1, 0.15) is 5.75 Å². The van der Waals surface area contributed by atoms with Crippen LogP contribution in [0.15, 0.2) is 18.2 Å². The highest BCUT2D eigenvalue weighted by Gasteiger charge is 1.98. The molecule has 15 heavy (non-hydrogen) atoms. The summed E-state index contributed by atoms with van der Waals surface area (Å²) in [6.07, 6.45) is 2.32. The molecule has 0 fully saturated rings. The Bertz CT molecular complexity index is 266. The van der Waals surface area contributed by atoms with Crippen LogP contribution < -0.4 is 4.74 Å². The van der Waals surface area contributed by atoms with E-state index in [0.29, 0.717) is 0 Å². The predicted octanol–water partition coefficient (Wildman–Crippen LogP) is 4.51. The minimum Gasteiger partial charge on any atom is -0.493 e. The van der Waals surface area contributed by atoms with Crippen molar-refractivity contribution in [3.63, 3.8) is 0 Å². The lowest BCUT2D eigenvalue weighted by Gasteiger charge is -2.08. The molecule has 1 heteroatoms. The van der Waals surface area contributed by atoms with Gasteiger partial charge in [-0.25, -0.2) is 0 Å². The molecule has 1 aromatic carbocycles. The number of hydrogen-bond acceptors (Lipinski definition) is 1. The van der Waals surface area contributed by atoms with Crippen molar-refractivity contribution in [3.05, 3.63) is 29.3 Å². The third-order valence-corrected chi connectivity index (χ3v) is 2.10. The highest BCUT2D eigenvalue weighted by molar-refractivity contribution is 5.35. The summed E-state index contributed by atoms with van der Waals surface area (Å²) in [4.78, 5) is 0. The Kier molecular flexibility index (Phi) is 7.79. The van der Waals surface area contributed by atoms with Gasteiger partial charge in [0.25, 0.3) is 0 Å². The molecule has 1 rings (SSSR count). The van der Waals surface area contributed by atoms with Crippen molar-refractivity contribution in [3.8, 4) is 5.75 Å². The normalized spacial score (nSPS) is 9.13. The van der Waals surface area contributed by atoms with E-state index in [0.717, 1.165) is 18.8 Å². The maximum absolute atomic E-state index is 5.66. The first-order valence-corrected chi connectivity index (χ1v) is 5.94. The van der Waals surface area contributed by atoms with Crippen LogP contribution in [0.3, 0.4) is 0 Å². The maximum Gasteiger partial charge on any atom is 0.122 e. The second-order valence-corrected chi connectivity index (χ2v) is 3.47. The van der Waals surface area contributed by atoms with Crippen LogP contribution in [-0.2, 0) is 0 Å². The van der Waals surface area contributed by atoms with Crippen molar-refractivity contribution in [1.29, 1.82) is 0 Å². The van der Waals surface area contributed by atoms with Crippen LogP contribution in [0, 0.1) is 13.8 Å². The Morgan fingerprint density at radius 3 is 2.40 bits per heavy atom. The van der Waals surface area contributed by atoms with E-state index in [4.69, 9.17) is 4.74 Å². The molecule has 86 valence electrons. The summed E-state index contributed by atoms with van der Waals surface area (Å²) in [5, 5.41) is 0. The Morgan fingerprint density at radius 2 is 1.80 bits per heavy atom. The Hall–Kier alpha value is -0.980. The molecule has 0 aliphatic rings. The molecule has 0 saturated carbocycles. The van der Waals surface area contributed by atoms with Crippen molar-refractivity contribution in [2.75, 3.05) is 6.61 Å². The molecule has 0 unspecified atom stereocenters. The van der Waals surface area contributed by atoms with Gasteiger partial charge in [0.15, 0.2) is 0 Å². The van der Waals surface area contributed by atoms with Crippen molar-refractivity contribution in [2.24, 2.45) is 0 Å². The molecule has 0 radical (unpaired) electrons. The minimum absolute atomic E-state index is 0.834. The lowest BCUT2D eigenvalue weighted by molar-refractivity contribution is 0.307. The zero-order valence-corrected chi connectivity index (χ0v) is 10.8. The van der Waals surface area contributed by atoms with E-state index in [1.807, 2.05) is 13.8 Å². The number of unbranched alkanes of at least 4 members (excludes halogenated alkanes) is 1. The Balaban J connectivity index is 0.000000921. The highest BCUT2D eigenvalue weighted by atomic mass is 16.5. The van der Waals surface area contributed by atoms with Crippen LogP contribution in [0.2, 0.25) is 0 Å². The molecular formula is C14H24O. The lowest BCUT2D eigenvalue weighted by atomic mass is 10.1. The fraction of sp³-hybridized carbons (Fsp3) is 0.571. The van der Waals surface area contributed by atoms with Crippen LogP contribution in [-0.4, -0.2) is 6.61 Å². The molecule has 0 atom stereocenters. The van der Waals surface area contributed by atoms with Gasteiger partial charge >= 0.3 is 0 Å². The van der Waals surface area contributed by atoms with E-state index in [-0.39, 0.29) is 0 Å². The van der Waals surface area contributed by atoms with Crippen LogP contribution in [0.1, 0.15) is 44.7 Å². The molecule has 1 nitrogen and oxygen atoms in total. The quantitative estimate of drug-likeness (QED) is 0.661. The third-order valence-electron chi connectivity index (χ3n) is 2.10. The smallest absolute Gasteiger partial charge is 0.122 e. The summed E-state index contributed by atoms with van der Waals surface area (Å²) in [6, 6.07) is 6.32. The van der Waals surface area contributed by atoms with E-state index in [9.17, 15) is 0 Å². The molecule has 0 aliphatic heterocycles. The van der Waals surface area contributed by atoms with Crippen molar-refractivity contribution in [1.82, 2.24) is 0 Å². The number of rotatable bonds is 4. The first-order chi connectivity index (χ1) is 7.24. The van der Waals surface area contributed by atoms with Gasteiger partial charge in [-0.1, -0.05) is 39.3 Å². The van der Waals surface area contributed by atoms with Crippen LogP contribution in [0.5, 0.6) is 5.75 Å². The summed E-state index contributed by atoms with van der Waals surface area (Å²) < 4.78 is 5.66. The number of hydrogen-bond donors (Lipinski definition) is 0. The zero-order valence-electron chi connectivity index (χ0n) is 10.8. The fourth-order valence-corrected chi connectivity index (χ4v) is 1.19. The first-order valence-electron chi connectivity index (χ1n) is 5.94. The second kappa shape index (κ2) is 8.34. The van der Waals surface area contributed by atoms with Crippen LogP contribution in [0.4, 0.5) is 0 Å². The van der Waals surface area contributed by atoms with Gasteiger partial charge in [0.2, 0.25) is 0 Å². The maximum atomic E-state index is 5.66.